The first-order chi connectivity index (χ1) is 14.7. The van der Waals surface area contributed by atoms with Crippen molar-refractivity contribution in [3.8, 4) is 17.3 Å². The monoisotopic (exact) mass is 439 g/mol. The molecule has 2 aliphatic rings. The molecular formula is C20H24F3N5O3. The van der Waals surface area contributed by atoms with E-state index < -0.39 is 17.9 Å². The number of carbonyl (C=O) groups excluding carboxylic acids is 1. The number of anilines is 1. The van der Waals surface area contributed by atoms with E-state index in [2.05, 4.69) is 20.5 Å². The molecule has 2 aromatic rings. The van der Waals surface area contributed by atoms with Crippen LogP contribution < -0.4 is 10.1 Å². The molecule has 1 atom stereocenters. The molecule has 0 unspecified atom stereocenters. The minimum absolute atomic E-state index is 0.00724. The van der Waals surface area contributed by atoms with Crippen molar-refractivity contribution in [1.82, 2.24) is 20.1 Å². The molecule has 1 saturated carbocycles. The maximum atomic E-state index is 12.9. The Morgan fingerprint density at radius 1 is 1.26 bits per heavy atom. The van der Waals surface area contributed by atoms with Crippen LogP contribution in [0.1, 0.15) is 44.7 Å². The maximum absolute atomic E-state index is 12.9. The van der Waals surface area contributed by atoms with Gasteiger partial charge in [0.2, 0.25) is 11.8 Å². The van der Waals surface area contributed by atoms with Crippen LogP contribution >= 0.6 is 0 Å². The zero-order chi connectivity index (χ0) is 22.2. The molecule has 1 amide bonds. The van der Waals surface area contributed by atoms with E-state index in [-0.39, 0.29) is 29.3 Å². The average molecular weight is 439 g/mol. The Morgan fingerprint density at radius 3 is 2.55 bits per heavy atom. The third-order valence-corrected chi connectivity index (χ3v) is 6.10. The molecule has 2 aromatic heterocycles. The van der Waals surface area contributed by atoms with Crippen LogP contribution in [0.15, 0.2) is 16.5 Å². The van der Waals surface area contributed by atoms with E-state index in [9.17, 15) is 18.0 Å². The summed E-state index contributed by atoms with van der Waals surface area (Å²) in [5, 5.41) is 10.7. The largest absolute Gasteiger partial charge is 0.480 e. The number of pyridine rings is 1. The summed E-state index contributed by atoms with van der Waals surface area (Å²) >= 11 is 0. The number of amides is 1. The summed E-state index contributed by atoms with van der Waals surface area (Å²) < 4.78 is 49.2. The van der Waals surface area contributed by atoms with E-state index in [4.69, 9.17) is 9.15 Å². The first-order valence-corrected chi connectivity index (χ1v) is 10.3. The molecule has 1 aliphatic carbocycles. The lowest BCUT2D eigenvalue weighted by atomic mass is 9.93. The molecule has 1 spiro atoms. The quantitative estimate of drug-likeness (QED) is 0.733. The smallest absolute Gasteiger partial charge is 0.433 e. The number of rotatable bonds is 6. The highest BCUT2D eigenvalue weighted by molar-refractivity contribution is 5.84. The molecule has 1 aliphatic heterocycles. The van der Waals surface area contributed by atoms with Gasteiger partial charge in [-0.1, -0.05) is 12.0 Å². The van der Waals surface area contributed by atoms with Crippen molar-refractivity contribution in [1.29, 1.82) is 0 Å². The predicted octanol–water partition coefficient (Wildman–Crippen LogP) is 3.75. The Labute approximate surface area is 177 Å². The number of likely N-dealkylation sites (tertiary alicyclic amines) is 1. The van der Waals surface area contributed by atoms with Crippen LogP contribution in [0.25, 0.3) is 11.5 Å². The van der Waals surface area contributed by atoms with E-state index >= 15 is 0 Å². The van der Waals surface area contributed by atoms with Gasteiger partial charge >= 0.3 is 12.2 Å². The summed E-state index contributed by atoms with van der Waals surface area (Å²) in [6.07, 6.45) is 0.523. The molecule has 1 N–H and O–H groups in total. The van der Waals surface area contributed by atoms with Gasteiger partial charge < -0.3 is 19.4 Å². The van der Waals surface area contributed by atoms with Crippen LogP contribution in [0.4, 0.5) is 19.2 Å². The Morgan fingerprint density at radius 2 is 1.97 bits per heavy atom. The number of nitrogens with zero attached hydrogens (tertiary/aromatic N) is 4. The second kappa shape index (κ2) is 8.01. The van der Waals surface area contributed by atoms with Gasteiger partial charge in [0.25, 0.3) is 5.89 Å². The lowest BCUT2D eigenvalue weighted by Gasteiger charge is -2.34. The molecule has 4 rings (SSSR count). The van der Waals surface area contributed by atoms with Crippen LogP contribution in [-0.2, 0) is 11.0 Å². The fourth-order valence-corrected chi connectivity index (χ4v) is 3.89. The Balaban J connectivity index is 1.46. The molecular weight excluding hydrogens is 415 g/mol. The van der Waals surface area contributed by atoms with Crippen LogP contribution in [0.2, 0.25) is 0 Å². The average Bonchev–Trinajstić information content (AvgIpc) is 3.34. The number of carbonyl (C=O) groups is 1. The molecule has 0 aromatic carbocycles. The topological polar surface area (TPSA) is 93.4 Å². The number of piperidine rings is 1. The molecule has 31 heavy (non-hydrogen) atoms. The fourth-order valence-electron chi connectivity index (χ4n) is 3.89. The zero-order valence-electron chi connectivity index (χ0n) is 17.3. The van der Waals surface area contributed by atoms with Gasteiger partial charge in [-0.2, -0.15) is 13.2 Å². The summed E-state index contributed by atoms with van der Waals surface area (Å²) in [4.78, 5) is 18.3. The second-order valence-corrected chi connectivity index (χ2v) is 8.09. The highest BCUT2D eigenvalue weighted by Gasteiger charge is 2.45. The lowest BCUT2D eigenvalue weighted by Crippen LogP contribution is -2.46. The van der Waals surface area contributed by atoms with E-state index in [1.54, 1.807) is 0 Å². The van der Waals surface area contributed by atoms with E-state index in [0.717, 1.165) is 38.1 Å². The molecule has 8 nitrogen and oxygen atoms in total. The summed E-state index contributed by atoms with van der Waals surface area (Å²) in [7, 11) is 1.21. The Kier molecular flexibility index (Phi) is 5.52. The Bertz CT molecular complexity index is 948. The van der Waals surface area contributed by atoms with Crippen molar-refractivity contribution < 1.29 is 27.1 Å². The van der Waals surface area contributed by atoms with Crippen molar-refractivity contribution in [3.05, 3.63) is 17.8 Å². The van der Waals surface area contributed by atoms with Gasteiger partial charge in [0, 0.05) is 13.1 Å². The highest BCUT2D eigenvalue weighted by atomic mass is 19.4. The molecule has 0 radical (unpaired) electrons. The van der Waals surface area contributed by atoms with Gasteiger partial charge in [-0.15, -0.1) is 5.10 Å². The minimum atomic E-state index is -4.60. The van der Waals surface area contributed by atoms with Crippen molar-refractivity contribution in [2.45, 2.75) is 51.2 Å². The number of ether oxygens (including phenoxy) is 1. The van der Waals surface area contributed by atoms with Gasteiger partial charge in [0.1, 0.15) is 17.3 Å². The van der Waals surface area contributed by atoms with Crippen LogP contribution in [-0.4, -0.2) is 52.2 Å². The third-order valence-electron chi connectivity index (χ3n) is 6.10. The standard InChI is InChI=1S/C20H24F3N5O3/c1-3-13(17(29)28-10-8-19(6-7-19)9-11-28)24-18-27-26-16(31-18)12-4-5-14(20(21,22)23)25-15(12)30-2/h4-5,13H,3,6-11H2,1-2H3,(H,24,27)/t13-/m1/s1. The molecule has 1 saturated heterocycles. The number of halogens is 3. The molecule has 0 bridgehead atoms. The molecule has 2 fully saturated rings. The van der Waals surface area contributed by atoms with Crippen LogP contribution in [0.3, 0.4) is 0 Å². The fraction of sp³-hybridized carbons (Fsp3) is 0.600. The van der Waals surface area contributed by atoms with Crippen molar-refractivity contribution >= 4 is 11.9 Å². The summed E-state index contributed by atoms with van der Waals surface area (Å²) in [6, 6.07) is 1.45. The summed E-state index contributed by atoms with van der Waals surface area (Å²) in [5.41, 5.74) is -0.486. The number of hydrogen-bond acceptors (Lipinski definition) is 7. The summed E-state index contributed by atoms with van der Waals surface area (Å²) in [5.74, 6) is -0.362. The first-order valence-electron chi connectivity index (χ1n) is 10.3. The zero-order valence-corrected chi connectivity index (χ0v) is 17.3. The second-order valence-electron chi connectivity index (χ2n) is 8.09. The van der Waals surface area contributed by atoms with Gasteiger partial charge in [0.05, 0.1) is 7.11 Å². The van der Waals surface area contributed by atoms with Crippen molar-refractivity contribution in [3.63, 3.8) is 0 Å². The van der Waals surface area contributed by atoms with Crippen LogP contribution in [0, 0.1) is 5.41 Å². The van der Waals surface area contributed by atoms with Gasteiger partial charge in [-0.25, -0.2) is 4.98 Å². The number of methoxy groups -OCH3 is 1. The third kappa shape index (κ3) is 4.45. The predicted molar refractivity (Wildman–Crippen MR) is 104 cm³/mol. The van der Waals surface area contributed by atoms with Gasteiger partial charge in [0.15, 0.2) is 0 Å². The molecule has 11 heteroatoms. The van der Waals surface area contributed by atoms with E-state index in [1.165, 1.54) is 20.0 Å². The number of alkyl halides is 3. The lowest BCUT2D eigenvalue weighted by molar-refractivity contribution is -0.141. The Hall–Kier alpha value is -2.85. The minimum Gasteiger partial charge on any atom is -0.480 e. The van der Waals surface area contributed by atoms with Crippen LogP contribution in [0.5, 0.6) is 5.88 Å². The highest BCUT2D eigenvalue weighted by Crippen LogP contribution is 2.53. The maximum Gasteiger partial charge on any atom is 0.433 e. The molecule has 3 heterocycles. The number of hydrogen-bond donors (Lipinski definition) is 1. The van der Waals surface area contributed by atoms with Crippen molar-refractivity contribution in [2.24, 2.45) is 5.41 Å². The first kappa shape index (κ1) is 21.4. The number of aromatic nitrogens is 3. The molecule has 168 valence electrons. The van der Waals surface area contributed by atoms with Gasteiger partial charge in [-0.3, -0.25) is 4.79 Å². The van der Waals surface area contributed by atoms with E-state index in [0.29, 0.717) is 11.8 Å². The normalized spacial score (nSPS) is 18.7. The van der Waals surface area contributed by atoms with E-state index in [1.807, 2.05) is 11.8 Å². The number of nitrogens with one attached hydrogen (secondary N) is 1. The van der Waals surface area contributed by atoms with Gasteiger partial charge in [-0.05, 0) is 49.7 Å². The van der Waals surface area contributed by atoms with Crippen molar-refractivity contribution in [2.75, 3.05) is 25.5 Å². The SMILES string of the molecule is CC[C@@H](Nc1nnc(-c2ccc(C(F)(F)F)nc2OC)o1)C(=O)N1CCC2(CC1)CC2. The summed E-state index contributed by atoms with van der Waals surface area (Å²) in [6.45, 7) is 3.38.